The molecule has 0 amide bonds. The highest BCUT2D eigenvalue weighted by atomic mass is 19.1. The van der Waals surface area contributed by atoms with Crippen LogP contribution >= 0.6 is 0 Å². The number of esters is 1. The van der Waals surface area contributed by atoms with Crippen molar-refractivity contribution in [3.63, 3.8) is 0 Å². The lowest BCUT2D eigenvalue weighted by Gasteiger charge is -2.17. The molecular weight excluding hydrogens is 326 g/mol. The van der Waals surface area contributed by atoms with Crippen LogP contribution in [0.15, 0.2) is 24.5 Å². The summed E-state index contributed by atoms with van der Waals surface area (Å²) in [5.41, 5.74) is 0.469. The molecule has 1 saturated heterocycles. The molecule has 0 saturated carbocycles. The summed E-state index contributed by atoms with van der Waals surface area (Å²) in [6, 6.07) is 2.75. The standard InChI is InChI=1S/C18H24BFO5/c1-6-23-16(21)9-7-8-13-10-14(20)11-15(17(13)22-5)19-24-12(2)18(3,4)25-19/h10-11H,2,6-9H2,1,3-5H3. The molecule has 136 valence electrons. The third kappa shape index (κ3) is 4.54. The summed E-state index contributed by atoms with van der Waals surface area (Å²) in [6.07, 6.45) is 1.27. The molecule has 0 bridgehead atoms. The van der Waals surface area contributed by atoms with E-state index in [2.05, 4.69) is 6.58 Å². The molecule has 1 aliphatic rings. The molecule has 0 aliphatic carbocycles. The lowest BCUT2D eigenvalue weighted by molar-refractivity contribution is -0.143. The van der Waals surface area contributed by atoms with Crippen molar-refractivity contribution in [2.75, 3.05) is 13.7 Å². The first-order valence-electron chi connectivity index (χ1n) is 8.34. The van der Waals surface area contributed by atoms with Crippen molar-refractivity contribution in [1.82, 2.24) is 0 Å². The fourth-order valence-corrected chi connectivity index (χ4v) is 2.69. The van der Waals surface area contributed by atoms with Gasteiger partial charge in [-0.15, -0.1) is 0 Å². The van der Waals surface area contributed by atoms with E-state index in [1.807, 2.05) is 13.8 Å². The molecule has 1 aromatic rings. The van der Waals surface area contributed by atoms with Crippen molar-refractivity contribution in [3.8, 4) is 5.75 Å². The molecular formula is C18H24BFO5. The summed E-state index contributed by atoms with van der Waals surface area (Å²) >= 11 is 0. The first-order chi connectivity index (χ1) is 11.8. The largest absolute Gasteiger partial charge is 0.567 e. The van der Waals surface area contributed by atoms with Crippen LogP contribution in [-0.4, -0.2) is 32.4 Å². The SMILES string of the molecule is C=C1OB(c2cc(F)cc(CCCC(=O)OCC)c2OC)OC1(C)C. The minimum atomic E-state index is -0.781. The summed E-state index contributed by atoms with van der Waals surface area (Å²) in [5, 5.41) is 0. The zero-order valence-corrected chi connectivity index (χ0v) is 15.2. The van der Waals surface area contributed by atoms with E-state index in [1.54, 1.807) is 6.92 Å². The topological polar surface area (TPSA) is 54.0 Å². The van der Waals surface area contributed by atoms with Crippen LogP contribution in [0.2, 0.25) is 0 Å². The number of carbonyl (C=O) groups is 1. The molecule has 0 aromatic heterocycles. The average Bonchev–Trinajstić information content (AvgIpc) is 2.80. The van der Waals surface area contributed by atoms with Crippen LogP contribution in [0.1, 0.15) is 39.2 Å². The quantitative estimate of drug-likeness (QED) is 0.559. The molecule has 1 fully saturated rings. The van der Waals surface area contributed by atoms with Gasteiger partial charge in [0.15, 0.2) is 0 Å². The van der Waals surface area contributed by atoms with Crippen LogP contribution < -0.4 is 10.2 Å². The molecule has 25 heavy (non-hydrogen) atoms. The maximum Gasteiger partial charge on any atom is 0.567 e. The fraction of sp³-hybridized carbons (Fsp3) is 0.500. The minimum Gasteiger partial charge on any atom is -0.534 e. The Bertz CT molecular complexity index is 659. The van der Waals surface area contributed by atoms with Crippen molar-refractivity contribution >= 4 is 18.6 Å². The zero-order chi connectivity index (χ0) is 18.6. The molecule has 1 aromatic carbocycles. The van der Waals surface area contributed by atoms with Gasteiger partial charge in [0.25, 0.3) is 0 Å². The van der Waals surface area contributed by atoms with E-state index in [4.69, 9.17) is 18.8 Å². The van der Waals surface area contributed by atoms with Gasteiger partial charge in [-0.25, -0.2) is 4.39 Å². The van der Waals surface area contributed by atoms with Crippen LogP contribution in [-0.2, 0) is 25.3 Å². The van der Waals surface area contributed by atoms with Crippen LogP contribution in [0.4, 0.5) is 4.39 Å². The Labute approximate surface area is 148 Å². The van der Waals surface area contributed by atoms with Gasteiger partial charge in [0.2, 0.25) is 0 Å². The van der Waals surface area contributed by atoms with Gasteiger partial charge in [-0.3, -0.25) is 4.79 Å². The van der Waals surface area contributed by atoms with Crippen LogP contribution in [0, 0.1) is 5.82 Å². The smallest absolute Gasteiger partial charge is 0.534 e. The van der Waals surface area contributed by atoms with E-state index < -0.39 is 18.5 Å². The number of methoxy groups -OCH3 is 1. The molecule has 5 nitrogen and oxygen atoms in total. The number of carbonyl (C=O) groups excluding carboxylic acids is 1. The highest BCUT2D eigenvalue weighted by molar-refractivity contribution is 6.63. The number of halogens is 1. The number of ether oxygens (including phenoxy) is 2. The predicted molar refractivity (Wildman–Crippen MR) is 93.3 cm³/mol. The van der Waals surface area contributed by atoms with E-state index in [-0.39, 0.29) is 12.4 Å². The first kappa shape index (κ1) is 19.3. The van der Waals surface area contributed by atoms with Gasteiger partial charge in [-0.05, 0) is 51.3 Å². The first-order valence-corrected chi connectivity index (χ1v) is 8.34. The van der Waals surface area contributed by atoms with Gasteiger partial charge >= 0.3 is 13.1 Å². The predicted octanol–water partition coefficient (Wildman–Crippen LogP) is 2.75. The molecule has 0 spiro atoms. The maximum atomic E-state index is 14.1. The highest BCUT2D eigenvalue weighted by Gasteiger charge is 2.44. The summed E-state index contributed by atoms with van der Waals surface area (Å²) in [6.45, 7) is 9.62. The van der Waals surface area contributed by atoms with Crippen molar-refractivity contribution in [2.45, 2.75) is 45.6 Å². The monoisotopic (exact) mass is 350 g/mol. The second kappa shape index (κ2) is 7.91. The molecule has 1 aliphatic heterocycles. The normalized spacial score (nSPS) is 15.9. The van der Waals surface area contributed by atoms with Crippen LogP contribution in [0.3, 0.4) is 0 Å². The van der Waals surface area contributed by atoms with Crippen LogP contribution in [0.5, 0.6) is 5.75 Å². The van der Waals surface area contributed by atoms with Crippen molar-refractivity contribution in [3.05, 3.63) is 35.9 Å². The van der Waals surface area contributed by atoms with Crippen molar-refractivity contribution in [2.24, 2.45) is 0 Å². The zero-order valence-electron chi connectivity index (χ0n) is 15.2. The summed E-state index contributed by atoms with van der Waals surface area (Å²) in [7, 11) is 0.734. The van der Waals surface area contributed by atoms with Gasteiger partial charge in [0.05, 0.1) is 19.5 Å². The summed E-state index contributed by atoms with van der Waals surface area (Å²) in [5.74, 6) is 0.302. The molecule has 2 rings (SSSR count). The maximum absolute atomic E-state index is 14.1. The molecule has 7 heteroatoms. The van der Waals surface area contributed by atoms with E-state index in [9.17, 15) is 9.18 Å². The Kier molecular flexibility index (Phi) is 6.11. The minimum absolute atomic E-state index is 0.265. The fourth-order valence-electron chi connectivity index (χ4n) is 2.69. The third-order valence-corrected chi connectivity index (χ3v) is 4.07. The number of hydrogen-bond acceptors (Lipinski definition) is 5. The second-order valence-electron chi connectivity index (χ2n) is 6.35. The lowest BCUT2D eigenvalue weighted by Crippen LogP contribution is -2.36. The van der Waals surface area contributed by atoms with Gasteiger partial charge in [-0.1, -0.05) is 6.58 Å². The summed E-state index contributed by atoms with van der Waals surface area (Å²) < 4.78 is 36.0. The van der Waals surface area contributed by atoms with Gasteiger partial charge < -0.3 is 18.8 Å². The van der Waals surface area contributed by atoms with Crippen LogP contribution in [0.25, 0.3) is 0 Å². The molecule has 0 atom stereocenters. The number of hydrogen-bond donors (Lipinski definition) is 0. The Balaban J connectivity index is 2.20. The molecule has 1 heterocycles. The second-order valence-corrected chi connectivity index (χ2v) is 6.35. The Morgan fingerprint density at radius 1 is 1.40 bits per heavy atom. The van der Waals surface area contributed by atoms with Crippen molar-refractivity contribution in [1.29, 1.82) is 0 Å². The Hall–Kier alpha value is -2.02. The van der Waals surface area contributed by atoms with E-state index in [0.717, 1.165) is 0 Å². The van der Waals surface area contributed by atoms with Crippen molar-refractivity contribution < 1.29 is 28.0 Å². The number of aryl methyl sites for hydroxylation is 1. The Morgan fingerprint density at radius 2 is 2.12 bits per heavy atom. The average molecular weight is 350 g/mol. The van der Waals surface area contributed by atoms with Gasteiger partial charge in [-0.2, -0.15) is 0 Å². The highest BCUT2D eigenvalue weighted by Crippen LogP contribution is 2.31. The van der Waals surface area contributed by atoms with E-state index >= 15 is 0 Å². The van der Waals surface area contributed by atoms with Gasteiger partial charge in [0, 0.05) is 11.9 Å². The molecule has 0 radical (unpaired) electrons. The molecule has 0 N–H and O–H groups in total. The summed E-state index contributed by atoms with van der Waals surface area (Å²) in [4.78, 5) is 11.5. The number of rotatable bonds is 7. The van der Waals surface area contributed by atoms with E-state index in [1.165, 1.54) is 19.2 Å². The molecule has 0 unspecified atom stereocenters. The van der Waals surface area contributed by atoms with E-state index in [0.29, 0.717) is 42.0 Å². The Morgan fingerprint density at radius 3 is 2.68 bits per heavy atom. The third-order valence-electron chi connectivity index (χ3n) is 4.07. The number of benzene rings is 1. The van der Waals surface area contributed by atoms with Gasteiger partial charge in [0.1, 0.15) is 17.2 Å². The lowest BCUT2D eigenvalue weighted by atomic mass is 9.77.